The zero-order valence-electron chi connectivity index (χ0n) is 17.6. The number of methoxy groups -OCH3 is 3. The molecular formula is C22H28O7. The molecule has 0 spiro atoms. The number of carbonyl (C=O) groups is 2. The van der Waals surface area contributed by atoms with Gasteiger partial charge in [0.15, 0.2) is 17.3 Å². The van der Waals surface area contributed by atoms with E-state index in [1.807, 2.05) is 0 Å². The molecule has 1 aliphatic carbocycles. The van der Waals surface area contributed by atoms with Gasteiger partial charge < -0.3 is 24.1 Å². The average molecular weight is 404 g/mol. The second-order valence-electron chi connectivity index (χ2n) is 7.78. The molecule has 1 N–H and O–H groups in total. The van der Waals surface area contributed by atoms with Crippen LogP contribution >= 0.6 is 0 Å². The van der Waals surface area contributed by atoms with Crippen LogP contribution in [0.15, 0.2) is 36.4 Å². The van der Waals surface area contributed by atoms with Crippen LogP contribution in [-0.4, -0.2) is 49.4 Å². The largest absolute Gasteiger partial charge is 0.493 e. The van der Waals surface area contributed by atoms with Crippen LogP contribution in [0.4, 0.5) is 0 Å². The Bertz CT molecular complexity index is 789. The summed E-state index contributed by atoms with van der Waals surface area (Å²) in [5.74, 6) is -0.550. The number of hydrogen-bond donors (Lipinski definition) is 1. The number of hydrogen-bond acceptors (Lipinski definition) is 7. The minimum atomic E-state index is -1.67. The maximum absolute atomic E-state index is 13.0. The molecule has 0 fully saturated rings. The molecule has 2 rings (SSSR count). The first-order valence-electron chi connectivity index (χ1n) is 9.19. The highest BCUT2D eigenvalue weighted by Gasteiger charge is 2.41. The first-order chi connectivity index (χ1) is 13.5. The molecule has 1 unspecified atom stereocenters. The Morgan fingerprint density at radius 2 is 1.55 bits per heavy atom. The highest BCUT2D eigenvalue weighted by atomic mass is 16.6. The Balaban J connectivity index is 2.48. The van der Waals surface area contributed by atoms with Gasteiger partial charge in [0, 0.05) is 0 Å². The number of allylic oxidation sites excluding steroid dienone is 2. The van der Waals surface area contributed by atoms with Gasteiger partial charge in [-0.05, 0) is 69.2 Å². The molecule has 1 aromatic carbocycles. The van der Waals surface area contributed by atoms with Crippen LogP contribution in [-0.2, 0) is 20.7 Å². The standard InChI is InChI=1S/C22H28O7/c1-21(2,3)29-20(24)16(22(25)9-7-15(23)8-10-22)11-14-12-17(26-4)19(28-6)18(13-14)27-5/h7-10,12-13,16,25H,11H2,1-6H3. The zero-order chi connectivity index (χ0) is 21.8. The smallest absolute Gasteiger partial charge is 0.313 e. The summed E-state index contributed by atoms with van der Waals surface area (Å²) in [6, 6.07) is 3.42. The predicted molar refractivity (Wildman–Crippen MR) is 107 cm³/mol. The number of rotatable bonds is 7. The van der Waals surface area contributed by atoms with Crippen LogP contribution in [0.1, 0.15) is 26.3 Å². The molecule has 1 aliphatic rings. The van der Waals surface area contributed by atoms with Crippen molar-refractivity contribution in [3.8, 4) is 17.2 Å². The SMILES string of the molecule is COc1cc(CC(C(=O)OC(C)(C)C)C2(O)C=CC(=O)C=C2)cc(OC)c1OC. The van der Waals surface area contributed by atoms with Crippen molar-refractivity contribution in [1.29, 1.82) is 0 Å². The number of esters is 1. The van der Waals surface area contributed by atoms with Crippen LogP contribution in [0.5, 0.6) is 17.2 Å². The molecule has 0 aromatic heterocycles. The third kappa shape index (κ3) is 5.38. The van der Waals surface area contributed by atoms with Gasteiger partial charge >= 0.3 is 5.97 Å². The summed E-state index contributed by atoms with van der Waals surface area (Å²) in [5.41, 5.74) is -1.74. The minimum Gasteiger partial charge on any atom is -0.493 e. The molecule has 0 aliphatic heterocycles. The van der Waals surface area contributed by atoms with E-state index in [9.17, 15) is 14.7 Å². The Labute approximate surface area is 170 Å². The van der Waals surface area contributed by atoms with Gasteiger partial charge in [-0.1, -0.05) is 0 Å². The van der Waals surface area contributed by atoms with E-state index < -0.39 is 23.1 Å². The van der Waals surface area contributed by atoms with Crippen molar-refractivity contribution < 1.29 is 33.6 Å². The van der Waals surface area contributed by atoms with E-state index >= 15 is 0 Å². The van der Waals surface area contributed by atoms with Gasteiger partial charge in [-0.3, -0.25) is 9.59 Å². The normalized spacial score (nSPS) is 16.3. The van der Waals surface area contributed by atoms with Crippen LogP contribution in [0, 0.1) is 5.92 Å². The van der Waals surface area contributed by atoms with Gasteiger partial charge in [-0.25, -0.2) is 0 Å². The second kappa shape index (κ2) is 8.69. The van der Waals surface area contributed by atoms with Crippen LogP contribution < -0.4 is 14.2 Å². The molecule has 0 radical (unpaired) electrons. The van der Waals surface area contributed by atoms with Crippen molar-refractivity contribution in [2.75, 3.05) is 21.3 Å². The van der Waals surface area contributed by atoms with Gasteiger partial charge in [0.25, 0.3) is 0 Å². The van der Waals surface area contributed by atoms with Gasteiger partial charge in [0.1, 0.15) is 11.2 Å². The van der Waals surface area contributed by atoms with E-state index in [4.69, 9.17) is 18.9 Å². The molecule has 0 saturated carbocycles. The van der Waals surface area contributed by atoms with Crippen molar-refractivity contribution in [1.82, 2.24) is 0 Å². The van der Waals surface area contributed by atoms with E-state index in [0.29, 0.717) is 22.8 Å². The summed E-state index contributed by atoms with van der Waals surface area (Å²) >= 11 is 0. The van der Waals surface area contributed by atoms with Gasteiger partial charge in [-0.15, -0.1) is 0 Å². The molecule has 0 heterocycles. The predicted octanol–water partition coefficient (Wildman–Crippen LogP) is 2.64. The molecular weight excluding hydrogens is 376 g/mol. The lowest BCUT2D eigenvalue weighted by atomic mass is 9.80. The summed E-state index contributed by atoms with van der Waals surface area (Å²) in [7, 11) is 4.50. The summed E-state index contributed by atoms with van der Waals surface area (Å²) in [5, 5.41) is 11.1. The number of ketones is 1. The quantitative estimate of drug-likeness (QED) is 0.699. The van der Waals surface area contributed by atoms with E-state index in [1.165, 1.54) is 45.6 Å². The lowest BCUT2D eigenvalue weighted by molar-refractivity contribution is -0.165. The lowest BCUT2D eigenvalue weighted by Gasteiger charge is -2.33. The summed E-state index contributed by atoms with van der Waals surface area (Å²) < 4.78 is 21.6. The summed E-state index contributed by atoms with van der Waals surface area (Å²) in [6.45, 7) is 5.25. The van der Waals surface area contributed by atoms with Crippen molar-refractivity contribution in [2.24, 2.45) is 5.92 Å². The molecule has 7 nitrogen and oxygen atoms in total. The van der Waals surface area contributed by atoms with Crippen LogP contribution in [0.25, 0.3) is 0 Å². The third-order valence-corrected chi connectivity index (χ3v) is 4.44. The first kappa shape index (κ1) is 22.5. The van der Waals surface area contributed by atoms with Crippen molar-refractivity contribution in [3.05, 3.63) is 42.0 Å². The highest BCUT2D eigenvalue weighted by Crippen LogP contribution is 2.40. The van der Waals surface area contributed by atoms with Crippen molar-refractivity contribution in [3.63, 3.8) is 0 Å². The Morgan fingerprint density at radius 3 is 1.97 bits per heavy atom. The fourth-order valence-corrected chi connectivity index (χ4v) is 3.07. The molecule has 0 amide bonds. The topological polar surface area (TPSA) is 91.3 Å². The Kier molecular flexibility index (Phi) is 6.74. The number of aliphatic hydroxyl groups is 1. The molecule has 29 heavy (non-hydrogen) atoms. The molecule has 158 valence electrons. The number of benzene rings is 1. The monoisotopic (exact) mass is 404 g/mol. The molecule has 1 atom stereocenters. The summed E-state index contributed by atoms with van der Waals surface area (Å²) in [4.78, 5) is 24.5. The summed E-state index contributed by atoms with van der Waals surface area (Å²) in [6.07, 6.45) is 5.24. The van der Waals surface area contributed by atoms with E-state index in [1.54, 1.807) is 32.9 Å². The maximum atomic E-state index is 13.0. The molecule has 0 bridgehead atoms. The minimum absolute atomic E-state index is 0.116. The fourth-order valence-electron chi connectivity index (χ4n) is 3.07. The second-order valence-corrected chi connectivity index (χ2v) is 7.78. The molecule has 0 saturated heterocycles. The molecule has 7 heteroatoms. The van der Waals surface area contributed by atoms with E-state index in [-0.39, 0.29) is 12.2 Å². The van der Waals surface area contributed by atoms with Gasteiger partial charge in [0.2, 0.25) is 5.75 Å². The van der Waals surface area contributed by atoms with Gasteiger partial charge in [0.05, 0.1) is 27.2 Å². The van der Waals surface area contributed by atoms with Gasteiger partial charge in [-0.2, -0.15) is 0 Å². The third-order valence-electron chi connectivity index (χ3n) is 4.44. The lowest BCUT2D eigenvalue weighted by Crippen LogP contribution is -2.44. The zero-order valence-corrected chi connectivity index (χ0v) is 17.6. The average Bonchev–Trinajstić information content (AvgIpc) is 2.66. The van der Waals surface area contributed by atoms with Crippen LogP contribution in [0.2, 0.25) is 0 Å². The van der Waals surface area contributed by atoms with E-state index in [0.717, 1.165) is 0 Å². The maximum Gasteiger partial charge on any atom is 0.313 e. The van der Waals surface area contributed by atoms with Crippen LogP contribution in [0.3, 0.4) is 0 Å². The first-order valence-corrected chi connectivity index (χ1v) is 9.19. The van der Waals surface area contributed by atoms with Crippen molar-refractivity contribution >= 4 is 11.8 Å². The molecule has 1 aromatic rings. The highest BCUT2D eigenvalue weighted by molar-refractivity contribution is 6.01. The number of carbonyl (C=O) groups excluding carboxylic acids is 2. The van der Waals surface area contributed by atoms with E-state index in [2.05, 4.69) is 0 Å². The van der Waals surface area contributed by atoms with Crippen molar-refractivity contribution in [2.45, 2.75) is 38.4 Å². The Hall–Kier alpha value is -2.80. The Morgan fingerprint density at radius 1 is 1.03 bits per heavy atom. The number of ether oxygens (including phenoxy) is 4. The fraction of sp³-hybridized carbons (Fsp3) is 0.455.